The molecule has 4 nitrogen and oxygen atoms in total. The molecule has 1 amide bonds. The van der Waals surface area contributed by atoms with E-state index in [1.54, 1.807) is 12.4 Å². The smallest absolute Gasteiger partial charge is 0.220 e. The van der Waals surface area contributed by atoms with E-state index in [4.69, 9.17) is 4.74 Å². The molecule has 0 fully saturated rings. The summed E-state index contributed by atoms with van der Waals surface area (Å²) >= 11 is 0. The molecule has 0 saturated carbocycles. The van der Waals surface area contributed by atoms with Crippen molar-refractivity contribution in [3.05, 3.63) is 48.3 Å². The van der Waals surface area contributed by atoms with Crippen molar-refractivity contribution < 1.29 is 9.53 Å². The van der Waals surface area contributed by atoms with Gasteiger partial charge >= 0.3 is 0 Å². The van der Waals surface area contributed by atoms with Crippen LogP contribution in [0.15, 0.2) is 42.7 Å². The molecule has 1 N–H and O–H groups in total. The zero-order valence-corrected chi connectivity index (χ0v) is 14.3. The summed E-state index contributed by atoms with van der Waals surface area (Å²) in [6.45, 7) is 4.76. The summed E-state index contributed by atoms with van der Waals surface area (Å²) < 4.78 is 6.14. The van der Waals surface area contributed by atoms with E-state index in [0.29, 0.717) is 18.9 Å². The minimum absolute atomic E-state index is 0.00358. The number of carbonyl (C=O) groups is 1. The molecule has 126 valence electrons. The van der Waals surface area contributed by atoms with E-state index in [1.165, 1.54) is 5.56 Å². The van der Waals surface area contributed by atoms with Crippen LogP contribution in [0.4, 0.5) is 0 Å². The largest absolute Gasteiger partial charge is 0.487 e. The van der Waals surface area contributed by atoms with Gasteiger partial charge in [-0.05, 0) is 29.2 Å². The molecule has 0 saturated heterocycles. The Hall–Kier alpha value is -2.36. The number of fused-ring (bicyclic) bond motifs is 1. The molecular formula is C20H24N2O2. The van der Waals surface area contributed by atoms with E-state index < -0.39 is 0 Å². The molecule has 0 spiro atoms. The SMILES string of the molecule is CC[C@@H](C)CC(=O)NC[C@@H]1Cc2cccc(-c3ccncc3)c2O1. The lowest BCUT2D eigenvalue weighted by molar-refractivity contribution is -0.122. The molecule has 1 aromatic carbocycles. The second-order valence-electron chi connectivity index (χ2n) is 6.50. The fourth-order valence-corrected chi connectivity index (χ4v) is 2.97. The topological polar surface area (TPSA) is 51.2 Å². The highest BCUT2D eigenvalue weighted by molar-refractivity contribution is 5.76. The Morgan fingerprint density at radius 3 is 2.88 bits per heavy atom. The Labute approximate surface area is 143 Å². The number of nitrogens with one attached hydrogen (secondary N) is 1. The summed E-state index contributed by atoms with van der Waals surface area (Å²) in [6, 6.07) is 10.2. The second kappa shape index (κ2) is 7.47. The van der Waals surface area contributed by atoms with Crippen LogP contribution in [-0.4, -0.2) is 23.5 Å². The van der Waals surface area contributed by atoms with E-state index >= 15 is 0 Å². The van der Waals surface area contributed by atoms with Gasteiger partial charge in [-0.25, -0.2) is 0 Å². The maximum absolute atomic E-state index is 12.0. The van der Waals surface area contributed by atoms with Crippen LogP contribution in [0.3, 0.4) is 0 Å². The molecule has 0 aliphatic carbocycles. The molecule has 0 bridgehead atoms. The van der Waals surface area contributed by atoms with Crippen molar-refractivity contribution in [3.63, 3.8) is 0 Å². The Balaban J connectivity index is 1.64. The van der Waals surface area contributed by atoms with Gasteiger partial charge in [-0.3, -0.25) is 9.78 Å². The molecule has 2 atom stereocenters. The number of ether oxygens (including phenoxy) is 1. The number of aromatic nitrogens is 1. The van der Waals surface area contributed by atoms with Gasteiger partial charge in [0.2, 0.25) is 5.91 Å². The van der Waals surface area contributed by atoms with E-state index in [9.17, 15) is 4.79 Å². The Kier molecular flexibility index (Phi) is 5.14. The molecule has 0 unspecified atom stereocenters. The molecule has 1 aliphatic heterocycles. The van der Waals surface area contributed by atoms with Crippen LogP contribution < -0.4 is 10.1 Å². The van der Waals surface area contributed by atoms with Crippen molar-refractivity contribution in [1.29, 1.82) is 0 Å². The number of para-hydroxylation sites is 1. The third kappa shape index (κ3) is 3.75. The van der Waals surface area contributed by atoms with Crippen molar-refractivity contribution in [1.82, 2.24) is 10.3 Å². The molecule has 1 aliphatic rings. The molecule has 4 heteroatoms. The molecule has 2 aromatic rings. The van der Waals surface area contributed by atoms with Gasteiger partial charge in [0.1, 0.15) is 11.9 Å². The van der Waals surface area contributed by atoms with Gasteiger partial charge in [-0.1, -0.05) is 38.5 Å². The summed E-state index contributed by atoms with van der Waals surface area (Å²) in [4.78, 5) is 16.0. The standard InChI is InChI=1S/C20H24N2O2/c1-3-14(2)11-19(23)22-13-17-12-16-5-4-6-18(20(16)24-17)15-7-9-21-10-8-15/h4-10,14,17H,3,11-13H2,1-2H3,(H,22,23)/t14-,17+/m1/s1. The van der Waals surface area contributed by atoms with Gasteiger partial charge in [0.25, 0.3) is 0 Å². The molecule has 3 rings (SSSR count). The van der Waals surface area contributed by atoms with Crippen LogP contribution in [0.5, 0.6) is 5.75 Å². The number of amides is 1. The van der Waals surface area contributed by atoms with E-state index in [0.717, 1.165) is 29.7 Å². The van der Waals surface area contributed by atoms with Gasteiger partial charge < -0.3 is 10.1 Å². The maximum atomic E-state index is 12.0. The number of nitrogens with zero attached hydrogens (tertiary/aromatic N) is 1. The fourth-order valence-electron chi connectivity index (χ4n) is 2.97. The predicted octanol–water partition coefficient (Wildman–Crippen LogP) is 3.60. The zero-order valence-electron chi connectivity index (χ0n) is 14.3. The number of hydrogen-bond donors (Lipinski definition) is 1. The summed E-state index contributed by atoms with van der Waals surface area (Å²) in [7, 11) is 0. The summed E-state index contributed by atoms with van der Waals surface area (Å²) in [5, 5.41) is 3.01. The van der Waals surface area contributed by atoms with Gasteiger partial charge in [0, 0.05) is 30.8 Å². The first kappa shape index (κ1) is 16.5. The zero-order chi connectivity index (χ0) is 16.9. The van der Waals surface area contributed by atoms with E-state index in [-0.39, 0.29) is 12.0 Å². The maximum Gasteiger partial charge on any atom is 0.220 e. The number of carbonyl (C=O) groups excluding carboxylic acids is 1. The molecule has 1 aromatic heterocycles. The quantitative estimate of drug-likeness (QED) is 0.883. The van der Waals surface area contributed by atoms with E-state index in [2.05, 4.69) is 42.3 Å². The minimum Gasteiger partial charge on any atom is -0.487 e. The predicted molar refractivity (Wildman–Crippen MR) is 94.9 cm³/mol. The first-order valence-corrected chi connectivity index (χ1v) is 8.63. The van der Waals surface area contributed by atoms with Crippen molar-refractivity contribution in [2.75, 3.05) is 6.54 Å². The van der Waals surface area contributed by atoms with Crippen LogP contribution >= 0.6 is 0 Å². The van der Waals surface area contributed by atoms with Crippen LogP contribution in [0.1, 0.15) is 32.3 Å². The third-order valence-corrected chi connectivity index (χ3v) is 4.58. The highest BCUT2D eigenvalue weighted by Crippen LogP contribution is 2.38. The van der Waals surface area contributed by atoms with Gasteiger partial charge in [-0.15, -0.1) is 0 Å². The van der Waals surface area contributed by atoms with Crippen LogP contribution in [-0.2, 0) is 11.2 Å². The number of pyridine rings is 1. The van der Waals surface area contributed by atoms with Gasteiger partial charge in [-0.2, -0.15) is 0 Å². The van der Waals surface area contributed by atoms with Gasteiger partial charge in [0.05, 0.1) is 6.54 Å². The van der Waals surface area contributed by atoms with E-state index in [1.807, 2.05) is 12.1 Å². The van der Waals surface area contributed by atoms with Crippen molar-refractivity contribution in [3.8, 4) is 16.9 Å². The van der Waals surface area contributed by atoms with Crippen LogP contribution in [0.2, 0.25) is 0 Å². The molecule has 0 radical (unpaired) electrons. The second-order valence-corrected chi connectivity index (χ2v) is 6.50. The number of benzene rings is 1. The number of rotatable bonds is 6. The normalized spacial score (nSPS) is 17.0. The van der Waals surface area contributed by atoms with Crippen molar-refractivity contribution in [2.24, 2.45) is 5.92 Å². The Bertz CT molecular complexity index is 700. The average molecular weight is 324 g/mol. The van der Waals surface area contributed by atoms with Crippen LogP contribution in [0.25, 0.3) is 11.1 Å². The molecule has 24 heavy (non-hydrogen) atoms. The van der Waals surface area contributed by atoms with Crippen LogP contribution in [0, 0.1) is 5.92 Å². The average Bonchev–Trinajstić information content (AvgIpc) is 3.03. The lowest BCUT2D eigenvalue weighted by Crippen LogP contribution is -2.35. The molecular weight excluding hydrogens is 300 g/mol. The summed E-state index contributed by atoms with van der Waals surface area (Å²) in [6.07, 6.45) is 6.01. The fraction of sp³-hybridized carbons (Fsp3) is 0.400. The lowest BCUT2D eigenvalue weighted by atomic mass is 10.0. The summed E-state index contributed by atoms with van der Waals surface area (Å²) in [5.41, 5.74) is 3.39. The molecule has 2 heterocycles. The minimum atomic E-state index is 0.00358. The Morgan fingerprint density at radius 2 is 2.12 bits per heavy atom. The van der Waals surface area contributed by atoms with Gasteiger partial charge in [0.15, 0.2) is 0 Å². The first-order valence-electron chi connectivity index (χ1n) is 8.63. The van der Waals surface area contributed by atoms with Crippen molar-refractivity contribution in [2.45, 2.75) is 39.2 Å². The highest BCUT2D eigenvalue weighted by atomic mass is 16.5. The number of hydrogen-bond acceptors (Lipinski definition) is 3. The highest BCUT2D eigenvalue weighted by Gasteiger charge is 2.26. The third-order valence-electron chi connectivity index (χ3n) is 4.58. The lowest BCUT2D eigenvalue weighted by Gasteiger charge is -2.14. The van der Waals surface area contributed by atoms with Crippen molar-refractivity contribution >= 4 is 5.91 Å². The monoisotopic (exact) mass is 324 g/mol. The Morgan fingerprint density at radius 1 is 1.33 bits per heavy atom. The first-order chi connectivity index (χ1) is 11.7. The summed E-state index contributed by atoms with van der Waals surface area (Å²) in [5.74, 6) is 1.47.